The number of carbonyl (C=O) groups excluding carboxylic acids is 1. The molecule has 0 aliphatic carbocycles. The predicted octanol–water partition coefficient (Wildman–Crippen LogP) is 3.30. The van der Waals surface area contributed by atoms with Gasteiger partial charge in [0.15, 0.2) is 5.54 Å². The van der Waals surface area contributed by atoms with E-state index in [2.05, 4.69) is 0 Å². The van der Waals surface area contributed by atoms with Crippen LogP contribution in [0.3, 0.4) is 0 Å². The second-order valence-corrected chi connectivity index (χ2v) is 5.24. The largest absolute Gasteiger partial charge is 0.479 e. The Kier molecular flexibility index (Phi) is 5.36. The Bertz CT molecular complexity index is 539. The zero-order valence-electron chi connectivity index (χ0n) is 11.0. The molecule has 0 aromatic heterocycles. The fourth-order valence-corrected chi connectivity index (χ4v) is 2.48. The molecule has 0 spiro atoms. The van der Waals surface area contributed by atoms with Crippen molar-refractivity contribution < 1.29 is 19.1 Å². The topological polar surface area (TPSA) is 57.6 Å². The summed E-state index contributed by atoms with van der Waals surface area (Å²) in [6, 6.07) is 2.08. The Morgan fingerprint density at radius 1 is 1.45 bits per heavy atom. The summed E-state index contributed by atoms with van der Waals surface area (Å²) in [5.41, 5.74) is -1.78. The van der Waals surface area contributed by atoms with Crippen molar-refractivity contribution in [3.8, 4) is 0 Å². The molecule has 110 valence electrons. The highest BCUT2D eigenvalue weighted by Crippen LogP contribution is 2.36. The maximum Gasteiger partial charge on any atom is 0.334 e. The van der Waals surface area contributed by atoms with Crippen LogP contribution in [0.5, 0.6) is 0 Å². The number of carbonyl (C=O) groups is 2. The molecule has 1 amide bonds. The summed E-state index contributed by atoms with van der Waals surface area (Å²) in [6.45, 7) is 3.30. The monoisotopic (exact) mass is 321 g/mol. The minimum Gasteiger partial charge on any atom is -0.479 e. The summed E-state index contributed by atoms with van der Waals surface area (Å²) in [4.78, 5) is 23.9. The van der Waals surface area contributed by atoms with Gasteiger partial charge in [-0.1, -0.05) is 30.1 Å². The first kappa shape index (κ1) is 16.7. The lowest BCUT2D eigenvalue weighted by Crippen LogP contribution is -2.49. The van der Waals surface area contributed by atoms with Gasteiger partial charge >= 0.3 is 5.97 Å². The van der Waals surface area contributed by atoms with Crippen LogP contribution in [0.25, 0.3) is 0 Å². The highest BCUT2D eigenvalue weighted by molar-refractivity contribution is 6.35. The molecule has 0 saturated carbocycles. The molecule has 0 heterocycles. The van der Waals surface area contributed by atoms with Crippen LogP contribution in [0.4, 0.5) is 4.39 Å². The van der Waals surface area contributed by atoms with E-state index in [4.69, 9.17) is 23.2 Å². The number of aliphatic carboxylic acids is 1. The lowest BCUT2D eigenvalue weighted by Gasteiger charge is -2.36. The van der Waals surface area contributed by atoms with E-state index in [-0.39, 0.29) is 22.2 Å². The third-order valence-corrected chi connectivity index (χ3v) is 3.72. The minimum absolute atomic E-state index is 0.00995. The van der Waals surface area contributed by atoms with Crippen LogP contribution in [0.1, 0.15) is 25.8 Å². The van der Waals surface area contributed by atoms with Gasteiger partial charge in [0.1, 0.15) is 5.82 Å². The number of nitrogens with zero attached hydrogens (tertiary/aromatic N) is 1. The van der Waals surface area contributed by atoms with Crippen LogP contribution in [-0.2, 0) is 15.1 Å². The molecule has 0 fully saturated rings. The van der Waals surface area contributed by atoms with E-state index in [1.54, 1.807) is 6.92 Å². The molecule has 0 radical (unpaired) electrons. The molecule has 1 aromatic rings. The van der Waals surface area contributed by atoms with Crippen molar-refractivity contribution in [2.75, 3.05) is 6.54 Å². The first-order valence-corrected chi connectivity index (χ1v) is 6.65. The number of carboxylic acid groups (broad SMARTS) is 1. The molecule has 20 heavy (non-hydrogen) atoms. The fourth-order valence-electron chi connectivity index (χ4n) is 1.91. The number of benzene rings is 1. The molecule has 0 bridgehead atoms. The molecule has 1 rings (SSSR count). The van der Waals surface area contributed by atoms with E-state index in [9.17, 15) is 19.1 Å². The van der Waals surface area contributed by atoms with Crippen LogP contribution in [-0.4, -0.2) is 28.9 Å². The highest BCUT2D eigenvalue weighted by atomic mass is 35.5. The quantitative estimate of drug-likeness (QED) is 0.646. The first-order chi connectivity index (χ1) is 9.28. The Balaban J connectivity index is 3.51. The van der Waals surface area contributed by atoms with Crippen LogP contribution in [0.15, 0.2) is 12.1 Å². The lowest BCUT2D eigenvalue weighted by molar-refractivity contribution is -0.154. The third-order valence-electron chi connectivity index (χ3n) is 3.12. The summed E-state index contributed by atoms with van der Waals surface area (Å²) in [5.74, 6) is -2.09. The highest BCUT2D eigenvalue weighted by Gasteiger charge is 2.42. The molecular weight excluding hydrogens is 308 g/mol. The SMILES string of the molecule is CCCN(C=O)C(C)(C(=O)O)c1cc(F)c(Cl)cc1Cl. The Labute approximate surface area is 126 Å². The van der Waals surface area contributed by atoms with Gasteiger partial charge in [-0.05, 0) is 25.5 Å². The number of halogens is 3. The third kappa shape index (κ3) is 2.88. The van der Waals surface area contributed by atoms with Gasteiger partial charge in [-0.2, -0.15) is 0 Å². The van der Waals surface area contributed by atoms with Gasteiger partial charge in [0, 0.05) is 17.1 Å². The molecule has 1 aromatic carbocycles. The smallest absolute Gasteiger partial charge is 0.334 e. The van der Waals surface area contributed by atoms with Crippen molar-refractivity contribution in [1.29, 1.82) is 0 Å². The average molecular weight is 322 g/mol. The fraction of sp³-hybridized carbons (Fsp3) is 0.385. The van der Waals surface area contributed by atoms with Crippen molar-refractivity contribution in [1.82, 2.24) is 4.90 Å². The normalized spacial score (nSPS) is 13.7. The molecule has 0 aliphatic heterocycles. The van der Waals surface area contributed by atoms with Crippen LogP contribution >= 0.6 is 23.2 Å². The number of amides is 1. The number of carboxylic acids is 1. The average Bonchev–Trinajstić information content (AvgIpc) is 2.39. The van der Waals surface area contributed by atoms with E-state index in [0.29, 0.717) is 12.8 Å². The second kappa shape index (κ2) is 6.41. The lowest BCUT2D eigenvalue weighted by atomic mass is 9.90. The first-order valence-electron chi connectivity index (χ1n) is 5.89. The molecule has 0 saturated heterocycles. The Morgan fingerprint density at radius 2 is 2.05 bits per heavy atom. The van der Waals surface area contributed by atoms with E-state index in [1.165, 1.54) is 6.92 Å². The molecule has 0 aliphatic rings. The van der Waals surface area contributed by atoms with Crippen molar-refractivity contribution in [3.05, 3.63) is 33.6 Å². The van der Waals surface area contributed by atoms with Crippen LogP contribution < -0.4 is 0 Å². The van der Waals surface area contributed by atoms with Crippen molar-refractivity contribution >= 4 is 35.6 Å². The maximum atomic E-state index is 13.6. The van der Waals surface area contributed by atoms with Gasteiger partial charge in [0.2, 0.25) is 6.41 Å². The zero-order chi connectivity index (χ0) is 15.5. The van der Waals surface area contributed by atoms with Crippen molar-refractivity contribution in [3.63, 3.8) is 0 Å². The summed E-state index contributed by atoms with van der Waals surface area (Å²) in [7, 11) is 0. The Hall–Kier alpha value is -1.33. The second-order valence-electron chi connectivity index (χ2n) is 4.42. The van der Waals surface area contributed by atoms with Crippen molar-refractivity contribution in [2.24, 2.45) is 0 Å². The van der Waals surface area contributed by atoms with E-state index in [0.717, 1.165) is 17.0 Å². The molecule has 1 N–H and O–H groups in total. The molecule has 1 atom stereocenters. The molecule has 4 nitrogen and oxygen atoms in total. The minimum atomic E-state index is -1.76. The number of rotatable bonds is 6. The van der Waals surface area contributed by atoms with Crippen LogP contribution in [0, 0.1) is 5.82 Å². The van der Waals surface area contributed by atoms with Gasteiger partial charge in [-0.15, -0.1) is 0 Å². The van der Waals surface area contributed by atoms with Gasteiger partial charge in [-0.25, -0.2) is 9.18 Å². The number of hydrogen-bond donors (Lipinski definition) is 1. The molecule has 7 heteroatoms. The number of hydrogen-bond acceptors (Lipinski definition) is 2. The molecule has 1 unspecified atom stereocenters. The van der Waals surface area contributed by atoms with E-state index >= 15 is 0 Å². The van der Waals surface area contributed by atoms with Gasteiger partial charge < -0.3 is 10.0 Å². The summed E-state index contributed by atoms with van der Waals surface area (Å²) in [6.07, 6.45) is 0.968. The zero-order valence-corrected chi connectivity index (χ0v) is 12.5. The summed E-state index contributed by atoms with van der Waals surface area (Å²) in [5, 5.41) is 9.27. The molecular formula is C13H14Cl2FNO3. The van der Waals surface area contributed by atoms with Gasteiger partial charge in [-0.3, -0.25) is 4.79 Å². The standard InChI is InChI=1S/C13H14Cl2FNO3/c1-3-4-17(7-18)13(2,12(19)20)8-5-11(16)10(15)6-9(8)14/h5-7H,3-4H2,1-2H3,(H,19,20). The van der Waals surface area contributed by atoms with Gasteiger partial charge in [0.05, 0.1) is 5.02 Å². The Morgan fingerprint density at radius 3 is 2.50 bits per heavy atom. The predicted molar refractivity (Wildman–Crippen MR) is 74.5 cm³/mol. The van der Waals surface area contributed by atoms with E-state index in [1.807, 2.05) is 0 Å². The van der Waals surface area contributed by atoms with Crippen molar-refractivity contribution in [2.45, 2.75) is 25.8 Å². The van der Waals surface area contributed by atoms with E-state index < -0.39 is 17.3 Å². The van der Waals surface area contributed by atoms with Crippen LogP contribution in [0.2, 0.25) is 10.0 Å². The van der Waals surface area contributed by atoms with Gasteiger partial charge in [0.25, 0.3) is 0 Å². The maximum absolute atomic E-state index is 13.6. The summed E-state index contributed by atoms with van der Waals surface area (Å²) < 4.78 is 13.6. The summed E-state index contributed by atoms with van der Waals surface area (Å²) >= 11 is 11.6.